The van der Waals surface area contributed by atoms with Crippen molar-refractivity contribution in [3.63, 3.8) is 0 Å². The van der Waals surface area contributed by atoms with Crippen LogP contribution in [0.3, 0.4) is 0 Å². The predicted molar refractivity (Wildman–Crippen MR) is 141 cm³/mol. The molecule has 3 aromatic rings. The molecule has 3 fully saturated rings. The number of benzene rings is 2. The number of aromatic nitrogens is 1. The van der Waals surface area contributed by atoms with Gasteiger partial charge >= 0.3 is 0 Å². The Kier molecular flexibility index (Phi) is 6.49. The lowest BCUT2D eigenvalue weighted by Crippen LogP contribution is -2.42. The third-order valence-corrected chi connectivity index (χ3v) is 8.67. The number of ether oxygens (including phenoxy) is 1. The molecule has 2 N–H and O–H groups in total. The van der Waals surface area contributed by atoms with Gasteiger partial charge in [0.2, 0.25) is 0 Å². The molecular weight excluding hydrogens is 446 g/mol. The molecule has 1 aromatic heterocycles. The standard InChI is InChI=1S/C31H35N3O2/c35-30(34-27-14-17-32-18-15-27)23-5-8-24(9-6-23)31(20-22-4-7-26(31)19-22)25-10-12-29(13-11-25)36-21-28-3-1-2-16-33-28/h1-3,5-6,8-13,16,22,26-27,32H,4,7,14-15,17-21H2,(H,34,35)/t22?,26-,31+/m1/s1. The van der Waals surface area contributed by atoms with Gasteiger partial charge in [-0.1, -0.05) is 36.8 Å². The van der Waals surface area contributed by atoms with E-state index in [-0.39, 0.29) is 17.4 Å². The van der Waals surface area contributed by atoms with Crippen LogP contribution in [0.4, 0.5) is 0 Å². The maximum atomic E-state index is 12.9. The number of carbonyl (C=O) groups excluding carboxylic acids is 1. The van der Waals surface area contributed by atoms with E-state index in [0.717, 1.165) is 48.9 Å². The van der Waals surface area contributed by atoms with Crippen molar-refractivity contribution in [1.82, 2.24) is 15.6 Å². The second kappa shape index (κ2) is 10.1. The Morgan fingerprint density at radius 1 is 0.944 bits per heavy atom. The first-order valence-electron chi connectivity index (χ1n) is 13.5. The zero-order chi connectivity index (χ0) is 24.4. The molecule has 3 atom stereocenters. The Bertz CT molecular complexity index is 1170. The summed E-state index contributed by atoms with van der Waals surface area (Å²) in [5, 5.41) is 6.58. The van der Waals surface area contributed by atoms with Crippen molar-refractivity contribution in [1.29, 1.82) is 0 Å². The van der Waals surface area contributed by atoms with Crippen LogP contribution in [-0.2, 0) is 12.0 Å². The summed E-state index contributed by atoms with van der Waals surface area (Å²) in [6.07, 6.45) is 8.90. The van der Waals surface area contributed by atoms with Crippen molar-refractivity contribution in [3.8, 4) is 5.75 Å². The summed E-state index contributed by atoms with van der Waals surface area (Å²) < 4.78 is 6.00. The summed E-state index contributed by atoms with van der Waals surface area (Å²) in [5.41, 5.74) is 4.42. The average Bonchev–Trinajstić information content (AvgIpc) is 3.56. The van der Waals surface area contributed by atoms with Crippen molar-refractivity contribution in [2.45, 2.75) is 56.6 Å². The minimum Gasteiger partial charge on any atom is -0.487 e. The van der Waals surface area contributed by atoms with Gasteiger partial charge in [0, 0.05) is 23.2 Å². The molecule has 6 rings (SSSR count). The molecule has 0 radical (unpaired) electrons. The van der Waals surface area contributed by atoms with Crippen molar-refractivity contribution in [2.24, 2.45) is 11.8 Å². The van der Waals surface area contributed by atoms with Crippen LogP contribution in [0.25, 0.3) is 0 Å². The number of hydrogen-bond donors (Lipinski definition) is 2. The Hall–Kier alpha value is -3.18. The van der Waals surface area contributed by atoms with Crippen molar-refractivity contribution >= 4 is 5.91 Å². The molecule has 3 aliphatic rings. The summed E-state index contributed by atoms with van der Waals surface area (Å²) in [7, 11) is 0. The molecule has 186 valence electrons. The van der Waals surface area contributed by atoms with E-state index < -0.39 is 0 Å². The summed E-state index contributed by atoms with van der Waals surface area (Å²) in [4.78, 5) is 17.2. The highest BCUT2D eigenvalue weighted by atomic mass is 16.5. The van der Waals surface area contributed by atoms with Crippen molar-refractivity contribution < 1.29 is 9.53 Å². The molecule has 2 saturated carbocycles. The van der Waals surface area contributed by atoms with Crippen LogP contribution in [0.5, 0.6) is 5.75 Å². The third-order valence-electron chi connectivity index (χ3n) is 8.67. The number of piperidine rings is 1. The molecule has 2 heterocycles. The topological polar surface area (TPSA) is 63.2 Å². The van der Waals surface area contributed by atoms with Crippen LogP contribution in [-0.4, -0.2) is 30.0 Å². The largest absolute Gasteiger partial charge is 0.487 e. The molecule has 1 amide bonds. The molecule has 5 nitrogen and oxygen atoms in total. The first-order chi connectivity index (χ1) is 17.7. The normalized spacial score (nSPS) is 25.6. The third kappa shape index (κ3) is 4.53. The Morgan fingerprint density at radius 2 is 1.69 bits per heavy atom. The smallest absolute Gasteiger partial charge is 0.251 e. The highest BCUT2D eigenvalue weighted by Gasteiger charge is 2.52. The summed E-state index contributed by atoms with van der Waals surface area (Å²) >= 11 is 0. The number of rotatable bonds is 7. The van der Waals surface area contributed by atoms with Crippen LogP contribution in [0, 0.1) is 11.8 Å². The van der Waals surface area contributed by atoms with Gasteiger partial charge < -0.3 is 15.4 Å². The number of fused-ring (bicyclic) bond motifs is 2. The monoisotopic (exact) mass is 481 g/mol. The van der Waals surface area contributed by atoms with Gasteiger partial charge in [-0.05, 0) is 105 Å². The minimum atomic E-state index is 0.0203. The Labute approximate surface area is 213 Å². The highest BCUT2D eigenvalue weighted by Crippen LogP contribution is 2.60. The van der Waals surface area contributed by atoms with Gasteiger partial charge in [-0.2, -0.15) is 0 Å². The number of amides is 1. The number of nitrogens with one attached hydrogen (secondary N) is 2. The number of pyridine rings is 1. The van der Waals surface area contributed by atoms with Crippen LogP contribution in [0.1, 0.15) is 65.7 Å². The van der Waals surface area contributed by atoms with E-state index in [0.29, 0.717) is 12.5 Å². The van der Waals surface area contributed by atoms with Crippen LogP contribution in [0.2, 0.25) is 0 Å². The van der Waals surface area contributed by atoms with Gasteiger partial charge in [0.1, 0.15) is 12.4 Å². The van der Waals surface area contributed by atoms with E-state index in [9.17, 15) is 4.79 Å². The molecule has 0 spiro atoms. The van der Waals surface area contributed by atoms with Crippen LogP contribution >= 0.6 is 0 Å². The second-order valence-electron chi connectivity index (χ2n) is 10.8. The molecule has 1 saturated heterocycles. The van der Waals surface area contributed by atoms with E-state index in [1.807, 2.05) is 30.3 Å². The highest BCUT2D eigenvalue weighted by molar-refractivity contribution is 5.94. The van der Waals surface area contributed by atoms with E-state index in [4.69, 9.17) is 4.74 Å². The molecule has 2 aromatic carbocycles. The SMILES string of the molecule is O=C(NC1CCNCC1)c1ccc([C@]2(c3ccc(OCc4ccccn4)cc3)CC3CC[C@@H]2C3)cc1. The first-order valence-corrected chi connectivity index (χ1v) is 13.5. The summed E-state index contributed by atoms with van der Waals surface area (Å²) in [5.74, 6) is 2.35. The molecule has 1 unspecified atom stereocenters. The molecular formula is C31H35N3O2. The fourth-order valence-electron chi connectivity index (χ4n) is 6.85. The van der Waals surface area contributed by atoms with Crippen molar-refractivity contribution in [3.05, 3.63) is 95.3 Å². The molecule has 2 bridgehead atoms. The first kappa shape index (κ1) is 23.2. The quantitative estimate of drug-likeness (QED) is 0.484. The molecule has 1 aliphatic heterocycles. The molecule has 36 heavy (non-hydrogen) atoms. The van der Waals surface area contributed by atoms with E-state index >= 15 is 0 Å². The second-order valence-corrected chi connectivity index (χ2v) is 10.8. The maximum absolute atomic E-state index is 12.9. The van der Waals surface area contributed by atoms with Gasteiger partial charge in [-0.15, -0.1) is 0 Å². The fourth-order valence-corrected chi connectivity index (χ4v) is 6.85. The maximum Gasteiger partial charge on any atom is 0.251 e. The molecule has 2 aliphatic carbocycles. The van der Waals surface area contributed by atoms with Gasteiger partial charge in [0.25, 0.3) is 5.91 Å². The summed E-state index contributed by atoms with van der Waals surface area (Å²) in [6, 6.07) is 23.4. The minimum absolute atomic E-state index is 0.0203. The average molecular weight is 482 g/mol. The number of hydrogen-bond acceptors (Lipinski definition) is 4. The fraction of sp³-hybridized carbons (Fsp3) is 0.419. The van der Waals surface area contributed by atoms with E-state index in [1.165, 1.54) is 36.8 Å². The zero-order valence-electron chi connectivity index (χ0n) is 20.8. The van der Waals surface area contributed by atoms with Gasteiger partial charge in [0.15, 0.2) is 0 Å². The summed E-state index contributed by atoms with van der Waals surface area (Å²) in [6.45, 7) is 2.42. The number of carbonyl (C=O) groups is 1. The van der Waals surface area contributed by atoms with Crippen molar-refractivity contribution in [2.75, 3.05) is 13.1 Å². The lowest BCUT2D eigenvalue weighted by atomic mass is 9.64. The van der Waals surface area contributed by atoms with Crippen LogP contribution in [0.15, 0.2) is 72.9 Å². The Balaban J connectivity index is 1.21. The predicted octanol–water partition coefficient (Wildman–Crippen LogP) is 5.25. The zero-order valence-corrected chi connectivity index (χ0v) is 20.8. The van der Waals surface area contributed by atoms with Gasteiger partial charge in [-0.3, -0.25) is 9.78 Å². The lowest BCUT2D eigenvalue weighted by Gasteiger charge is -2.39. The molecule has 5 heteroatoms. The van der Waals surface area contributed by atoms with Gasteiger partial charge in [-0.25, -0.2) is 0 Å². The van der Waals surface area contributed by atoms with Crippen LogP contribution < -0.4 is 15.4 Å². The van der Waals surface area contributed by atoms with E-state index in [2.05, 4.69) is 52.0 Å². The van der Waals surface area contributed by atoms with Gasteiger partial charge in [0.05, 0.1) is 5.69 Å². The lowest BCUT2D eigenvalue weighted by molar-refractivity contribution is 0.0929. The Morgan fingerprint density at radius 3 is 2.33 bits per heavy atom. The number of nitrogens with zero attached hydrogens (tertiary/aromatic N) is 1. The van der Waals surface area contributed by atoms with E-state index in [1.54, 1.807) is 6.20 Å².